The summed E-state index contributed by atoms with van der Waals surface area (Å²) in [6.07, 6.45) is 31.4. The molecule has 6 N–H and O–H groups in total. The van der Waals surface area contributed by atoms with Crippen LogP contribution in [-0.2, 0) is 0 Å². The van der Waals surface area contributed by atoms with E-state index in [1.165, 1.54) is 96.3 Å². The summed E-state index contributed by atoms with van der Waals surface area (Å²) >= 11 is 0. The normalized spacial score (nSPS) is 9.81. The minimum Gasteiger partial charge on any atom is -0.396 e. The minimum atomic E-state index is -2.17. The Hall–Kier alpha value is -1.02. The lowest BCUT2D eigenvalue weighted by Crippen LogP contribution is -1.98. The van der Waals surface area contributed by atoms with Gasteiger partial charge in [-0.2, -0.15) is 0 Å². The number of aliphatic hydroxyl groups excluding tert-OH is 4. The molecule has 224 valence electrons. The van der Waals surface area contributed by atoms with Gasteiger partial charge < -0.3 is 30.6 Å². The van der Waals surface area contributed by atoms with E-state index in [-0.39, 0.29) is 0 Å². The lowest BCUT2D eigenvalue weighted by atomic mass is 10.1. The number of hydrogen-bond acceptors (Lipinski definition) is 6. The first kappa shape index (κ1) is 43.0. The SMILES string of the molecule is C=CCCCCCCCCO.C=CCCCCCCCCO.C=CCCCCCCCCO.OC(O)O. The monoisotopic (exact) mass is 532 g/mol. The molecular weight excluding hydrogens is 468 g/mol. The molecule has 0 aromatic carbocycles. The van der Waals surface area contributed by atoms with Crippen molar-refractivity contribution in [3.05, 3.63) is 38.0 Å². The maximum atomic E-state index is 8.49. The Morgan fingerprint density at radius 3 is 0.676 bits per heavy atom. The van der Waals surface area contributed by atoms with Crippen LogP contribution in [0.15, 0.2) is 38.0 Å². The lowest BCUT2D eigenvalue weighted by molar-refractivity contribution is -0.198. The van der Waals surface area contributed by atoms with E-state index in [0.29, 0.717) is 19.8 Å². The van der Waals surface area contributed by atoms with Crippen molar-refractivity contribution in [1.29, 1.82) is 0 Å². The largest absolute Gasteiger partial charge is 0.396 e. The molecule has 0 amide bonds. The molecule has 0 rings (SSSR count). The first-order valence-corrected chi connectivity index (χ1v) is 14.7. The summed E-state index contributed by atoms with van der Waals surface area (Å²) in [5.41, 5.74) is 0. The van der Waals surface area contributed by atoms with E-state index >= 15 is 0 Å². The zero-order valence-corrected chi connectivity index (χ0v) is 24.1. The Labute approximate surface area is 229 Å². The van der Waals surface area contributed by atoms with Crippen molar-refractivity contribution < 1.29 is 30.6 Å². The molecule has 6 nitrogen and oxygen atoms in total. The summed E-state index contributed by atoms with van der Waals surface area (Å²) < 4.78 is 0. The van der Waals surface area contributed by atoms with Crippen LogP contribution in [0.1, 0.15) is 135 Å². The zero-order chi connectivity index (χ0) is 28.7. The van der Waals surface area contributed by atoms with E-state index < -0.39 is 6.48 Å². The quantitative estimate of drug-likeness (QED) is 0.0455. The molecule has 0 spiro atoms. The molecule has 0 heterocycles. The van der Waals surface area contributed by atoms with Crippen molar-refractivity contribution in [2.24, 2.45) is 0 Å². The number of aliphatic hydroxyl groups is 6. The molecule has 0 aliphatic heterocycles. The zero-order valence-electron chi connectivity index (χ0n) is 24.1. The van der Waals surface area contributed by atoms with Crippen LogP contribution >= 0.6 is 0 Å². The van der Waals surface area contributed by atoms with Gasteiger partial charge in [-0.25, -0.2) is 0 Å². The van der Waals surface area contributed by atoms with Gasteiger partial charge in [0.15, 0.2) is 0 Å². The molecule has 0 aliphatic rings. The van der Waals surface area contributed by atoms with Crippen LogP contribution < -0.4 is 0 Å². The van der Waals surface area contributed by atoms with Crippen molar-refractivity contribution in [2.75, 3.05) is 19.8 Å². The first-order valence-electron chi connectivity index (χ1n) is 14.7. The number of rotatable bonds is 24. The van der Waals surface area contributed by atoms with Crippen LogP contribution in [-0.4, -0.2) is 56.9 Å². The Morgan fingerprint density at radius 2 is 0.514 bits per heavy atom. The second kappa shape index (κ2) is 48.1. The van der Waals surface area contributed by atoms with Gasteiger partial charge in [0.05, 0.1) is 0 Å². The molecule has 0 aromatic rings. The van der Waals surface area contributed by atoms with Gasteiger partial charge in [0, 0.05) is 19.8 Å². The third-order valence-corrected chi connectivity index (χ3v) is 5.45. The molecule has 0 atom stereocenters. The summed E-state index contributed by atoms with van der Waals surface area (Å²) in [5.74, 6) is 0. The highest BCUT2D eigenvalue weighted by Crippen LogP contribution is 2.08. The smallest absolute Gasteiger partial charge is 0.263 e. The average molecular weight is 533 g/mol. The van der Waals surface area contributed by atoms with Crippen LogP contribution in [0.3, 0.4) is 0 Å². The molecule has 37 heavy (non-hydrogen) atoms. The topological polar surface area (TPSA) is 121 Å². The predicted molar refractivity (Wildman–Crippen MR) is 159 cm³/mol. The van der Waals surface area contributed by atoms with Crippen molar-refractivity contribution in [1.82, 2.24) is 0 Å². The average Bonchev–Trinajstić information content (AvgIpc) is 2.88. The molecule has 0 aliphatic carbocycles. The van der Waals surface area contributed by atoms with Gasteiger partial charge in [-0.15, -0.1) is 19.7 Å². The van der Waals surface area contributed by atoms with Crippen molar-refractivity contribution >= 4 is 0 Å². The fourth-order valence-electron chi connectivity index (χ4n) is 3.32. The molecule has 0 fully saturated rings. The summed E-state index contributed by atoms with van der Waals surface area (Å²) in [6, 6.07) is 0. The van der Waals surface area contributed by atoms with Crippen LogP contribution in [0, 0.1) is 0 Å². The van der Waals surface area contributed by atoms with Gasteiger partial charge in [0.25, 0.3) is 6.48 Å². The molecule has 0 radical (unpaired) electrons. The second-order valence-electron chi connectivity index (χ2n) is 9.11. The van der Waals surface area contributed by atoms with Gasteiger partial charge in [-0.1, -0.05) is 95.3 Å². The molecule has 6 heteroatoms. The van der Waals surface area contributed by atoms with E-state index in [4.69, 9.17) is 30.6 Å². The van der Waals surface area contributed by atoms with Crippen LogP contribution in [0.5, 0.6) is 0 Å². The van der Waals surface area contributed by atoms with Gasteiger partial charge in [0.1, 0.15) is 0 Å². The van der Waals surface area contributed by atoms with Gasteiger partial charge in [-0.3, -0.25) is 0 Å². The van der Waals surface area contributed by atoms with Crippen molar-refractivity contribution in [3.63, 3.8) is 0 Å². The molecule has 0 aromatic heterocycles. The molecular formula is C31H64O6. The molecule has 0 saturated carbocycles. The van der Waals surface area contributed by atoms with Gasteiger partial charge in [0.2, 0.25) is 0 Å². The summed E-state index contributed by atoms with van der Waals surface area (Å²) in [7, 11) is 0. The highest BCUT2D eigenvalue weighted by Gasteiger charge is 1.90. The highest BCUT2D eigenvalue weighted by atomic mass is 16.6. The number of hydrogen-bond donors (Lipinski definition) is 6. The van der Waals surface area contributed by atoms with E-state index in [1.54, 1.807) is 0 Å². The third kappa shape index (κ3) is 72.0. The van der Waals surface area contributed by atoms with Gasteiger partial charge in [-0.05, 0) is 57.8 Å². The molecule has 0 saturated heterocycles. The number of allylic oxidation sites excluding steroid dienone is 3. The van der Waals surface area contributed by atoms with Crippen LogP contribution in [0.4, 0.5) is 0 Å². The summed E-state index contributed by atoms with van der Waals surface area (Å²) in [5, 5.41) is 47.0. The predicted octanol–water partition coefficient (Wildman–Crippen LogP) is 6.93. The Balaban J connectivity index is -0.000000205. The van der Waals surface area contributed by atoms with Gasteiger partial charge >= 0.3 is 0 Å². The summed E-state index contributed by atoms with van der Waals surface area (Å²) in [6.45, 7) is 9.92. The highest BCUT2D eigenvalue weighted by molar-refractivity contribution is 4.66. The Morgan fingerprint density at radius 1 is 0.351 bits per heavy atom. The Kier molecular flexibility index (Phi) is 56.0. The standard InChI is InChI=1S/3C10H20O.CH4O3/c3*1-2-3-4-5-6-7-8-9-10-11;2-1(3)4/h3*2,11H,1,3-10H2;1-4H. The minimum absolute atomic E-state index is 0.354. The third-order valence-electron chi connectivity index (χ3n) is 5.45. The van der Waals surface area contributed by atoms with Crippen LogP contribution in [0.2, 0.25) is 0 Å². The fourth-order valence-corrected chi connectivity index (χ4v) is 3.32. The van der Waals surface area contributed by atoms with Crippen molar-refractivity contribution in [2.45, 2.75) is 141 Å². The van der Waals surface area contributed by atoms with E-state index in [2.05, 4.69) is 19.7 Å². The van der Waals surface area contributed by atoms with E-state index in [9.17, 15) is 0 Å². The van der Waals surface area contributed by atoms with Crippen molar-refractivity contribution in [3.8, 4) is 0 Å². The first-order chi connectivity index (χ1) is 18.0. The summed E-state index contributed by atoms with van der Waals surface area (Å²) in [4.78, 5) is 0. The molecule has 0 unspecified atom stereocenters. The van der Waals surface area contributed by atoms with E-state index in [0.717, 1.165) is 38.5 Å². The van der Waals surface area contributed by atoms with E-state index in [1.807, 2.05) is 18.2 Å². The second-order valence-corrected chi connectivity index (χ2v) is 9.11. The van der Waals surface area contributed by atoms with Crippen LogP contribution in [0.25, 0.3) is 0 Å². The maximum absolute atomic E-state index is 8.49. The Bertz CT molecular complexity index is 333. The number of unbranched alkanes of at least 4 members (excludes halogenated alkanes) is 18. The maximum Gasteiger partial charge on any atom is 0.263 e. The fraction of sp³-hybridized carbons (Fsp3) is 0.806. The molecule has 0 bridgehead atoms. The lowest BCUT2D eigenvalue weighted by Gasteiger charge is -1.97.